The predicted octanol–water partition coefficient (Wildman–Crippen LogP) is 4.28. The van der Waals surface area contributed by atoms with Crippen molar-refractivity contribution >= 4 is 11.8 Å². The summed E-state index contributed by atoms with van der Waals surface area (Å²) in [5.74, 6) is 0. The van der Waals surface area contributed by atoms with E-state index >= 15 is 0 Å². The standard InChI is InChI=1S/C18H21NS/c1-12-8-9-15(10-13(12)2)20-17-11-14-6-4-5-7-16(14)18(17)19-3/h4-10,17-19H,11H2,1-3H3. The zero-order valence-electron chi connectivity index (χ0n) is 12.3. The first kappa shape index (κ1) is 13.7. The maximum absolute atomic E-state index is 3.50. The molecule has 20 heavy (non-hydrogen) atoms. The van der Waals surface area contributed by atoms with Gasteiger partial charge in [0, 0.05) is 16.2 Å². The van der Waals surface area contributed by atoms with Gasteiger partial charge in [-0.1, -0.05) is 30.3 Å². The molecule has 0 aliphatic heterocycles. The molecule has 2 aromatic carbocycles. The molecule has 1 aliphatic rings. The average molecular weight is 283 g/mol. The first-order valence-electron chi connectivity index (χ1n) is 7.18. The quantitative estimate of drug-likeness (QED) is 0.902. The molecule has 2 unspecified atom stereocenters. The van der Waals surface area contributed by atoms with E-state index in [2.05, 4.69) is 68.7 Å². The van der Waals surface area contributed by atoms with Crippen molar-refractivity contribution in [2.24, 2.45) is 0 Å². The van der Waals surface area contributed by atoms with Gasteiger partial charge in [0.05, 0.1) is 0 Å². The largest absolute Gasteiger partial charge is 0.312 e. The van der Waals surface area contributed by atoms with Crippen LogP contribution in [0.3, 0.4) is 0 Å². The van der Waals surface area contributed by atoms with Gasteiger partial charge < -0.3 is 5.32 Å². The van der Waals surface area contributed by atoms with Crippen molar-refractivity contribution in [3.8, 4) is 0 Å². The van der Waals surface area contributed by atoms with Crippen LogP contribution in [0.1, 0.15) is 28.3 Å². The number of fused-ring (bicyclic) bond motifs is 1. The zero-order chi connectivity index (χ0) is 14.1. The van der Waals surface area contributed by atoms with Gasteiger partial charge in [-0.15, -0.1) is 11.8 Å². The molecule has 1 aliphatic carbocycles. The summed E-state index contributed by atoms with van der Waals surface area (Å²) in [7, 11) is 2.07. The molecule has 0 saturated heterocycles. The minimum atomic E-state index is 0.456. The van der Waals surface area contributed by atoms with Gasteiger partial charge in [0.1, 0.15) is 0 Å². The van der Waals surface area contributed by atoms with Crippen LogP contribution in [0.2, 0.25) is 0 Å². The second kappa shape index (κ2) is 5.63. The SMILES string of the molecule is CNC1c2ccccc2CC1Sc1ccc(C)c(C)c1. The molecule has 0 bridgehead atoms. The molecule has 0 fully saturated rings. The van der Waals surface area contributed by atoms with E-state index < -0.39 is 0 Å². The Morgan fingerprint density at radius 2 is 1.85 bits per heavy atom. The van der Waals surface area contributed by atoms with Crippen LogP contribution in [-0.2, 0) is 6.42 Å². The van der Waals surface area contributed by atoms with Gasteiger partial charge in [0.2, 0.25) is 0 Å². The van der Waals surface area contributed by atoms with Crippen molar-refractivity contribution in [1.29, 1.82) is 0 Å². The zero-order valence-corrected chi connectivity index (χ0v) is 13.1. The van der Waals surface area contributed by atoms with Gasteiger partial charge in [0.25, 0.3) is 0 Å². The first-order valence-corrected chi connectivity index (χ1v) is 8.06. The number of aryl methyl sites for hydroxylation is 2. The molecule has 1 N–H and O–H groups in total. The molecule has 0 aromatic heterocycles. The minimum absolute atomic E-state index is 0.456. The molecule has 104 valence electrons. The highest BCUT2D eigenvalue weighted by molar-refractivity contribution is 8.00. The fraction of sp³-hybridized carbons (Fsp3) is 0.333. The maximum atomic E-state index is 3.50. The summed E-state index contributed by atoms with van der Waals surface area (Å²) in [6, 6.07) is 16.1. The number of nitrogens with one attached hydrogen (secondary N) is 1. The van der Waals surface area contributed by atoms with Crippen LogP contribution in [0, 0.1) is 13.8 Å². The first-order chi connectivity index (χ1) is 9.69. The van der Waals surface area contributed by atoms with Crippen molar-refractivity contribution < 1.29 is 0 Å². The van der Waals surface area contributed by atoms with Crippen molar-refractivity contribution in [3.63, 3.8) is 0 Å². The van der Waals surface area contributed by atoms with Gasteiger partial charge in [0.15, 0.2) is 0 Å². The lowest BCUT2D eigenvalue weighted by Crippen LogP contribution is -2.23. The predicted molar refractivity (Wildman–Crippen MR) is 87.5 cm³/mol. The van der Waals surface area contributed by atoms with Crippen molar-refractivity contribution in [1.82, 2.24) is 5.32 Å². The van der Waals surface area contributed by atoms with E-state index in [-0.39, 0.29) is 0 Å². The molecule has 2 aromatic rings. The number of benzene rings is 2. The molecule has 0 spiro atoms. The smallest absolute Gasteiger partial charge is 0.0447 e. The number of hydrogen-bond acceptors (Lipinski definition) is 2. The Kier molecular flexibility index (Phi) is 3.86. The van der Waals surface area contributed by atoms with Gasteiger partial charge in [-0.25, -0.2) is 0 Å². The Hall–Kier alpha value is -1.25. The molecule has 0 heterocycles. The lowest BCUT2D eigenvalue weighted by atomic mass is 10.1. The highest BCUT2D eigenvalue weighted by Gasteiger charge is 2.31. The Bertz CT molecular complexity index is 621. The van der Waals surface area contributed by atoms with Crippen LogP contribution in [0.5, 0.6) is 0 Å². The monoisotopic (exact) mass is 283 g/mol. The number of hydrogen-bond donors (Lipinski definition) is 1. The number of thioether (sulfide) groups is 1. The summed E-state index contributed by atoms with van der Waals surface area (Å²) in [6.45, 7) is 4.37. The van der Waals surface area contributed by atoms with Crippen molar-refractivity contribution in [2.75, 3.05) is 7.05 Å². The topological polar surface area (TPSA) is 12.0 Å². The third-order valence-electron chi connectivity index (χ3n) is 4.26. The summed E-state index contributed by atoms with van der Waals surface area (Å²) >= 11 is 2.00. The lowest BCUT2D eigenvalue weighted by molar-refractivity contribution is 0.603. The van der Waals surface area contributed by atoms with E-state index in [0.717, 1.165) is 6.42 Å². The summed E-state index contributed by atoms with van der Waals surface area (Å²) in [6.07, 6.45) is 1.15. The molecule has 0 saturated carbocycles. The van der Waals surface area contributed by atoms with Crippen LogP contribution >= 0.6 is 11.8 Å². The fourth-order valence-corrected chi connectivity index (χ4v) is 4.39. The van der Waals surface area contributed by atoms with Gasteiger partial charge >= 0.3 is 0 Å². The number of rotatable bonds is 3. The van der Waals surface area contributed by atoms with E-state index in [0.29, 0.717) is 11.3 Å². The Labute approximate surface area is 125 Å². The average Bonchev–Trinajstić information content (AvgIpc) is 2.80. The summed E-state index contributed by atoms with van der Waals surface area (Å²) in [4.78, 5) is 1.38. The molecule has 1 nitrogen and oxygen atoms in total. The minimum Gasteiger partial charge on any atom is -0.312 e. The molecule has 3 rings (SSSR count). The molecular weight excluding hydrogens is 262 g/mol. The Morgan fingerprint density at radius 1 is 1.05 bits per heavy atom. The third kappa shape index (κ3) is 2.50. The second-order valence-corrected chi connectivity index (χ2v) is 6.88. The van der Waals surface area contributed by atoms with Crippen LogP contribution in [-0.4, -0.2) is 12.3 Å². The molecule has 2 atom stereocenters. The van der Waals surface area contributed by atoms with Crippen LogP contribution in [0.15, 0.2) is 47.4 Å². The van der Waals surface area contributed by atoms with E-state index in [9.17, 15) is 0 Å². The molecule has 0 amide bonds. The molecule has 0 radical (unpaired) electrons. The van der Waals surface area contributed by atoms with E-state index in [1.54, 1.807) is 0 Å². The normalized spacial score (nSPS) is 20.9. The van der Waals surface area contributed by atoms with E-state index in [1.165, 1.54) is 27.1 Å². The van der Waals surface area contributed by atoms with Gasteiger partial charge in [-0.05, 0) is 61.7 Å². The Balaban J connectivity index is 1.83. The second-order valence-electron chi connectivity index (χ2n) is 5.57. The van der Waals surface area contributed by atoms with Crippen LogP contribution in [0.4, 0.5) is 0 Å². The molecule has 2 heteroatoms. The maximum Gasteiger partial charge on any atom is 0.0447 e. The van der Waals surface area contributed by atoms with Crippen LogP contribution < -0.4 is 5.32 Å². The van der Waals surface area contributed by atoms with Crippen LogP contribution in [0.25, 0.3) is 0 Å². The van der Waals surface area contributed by atoms with Gasteiger partial charge in [-0.3, -0.25) is 0 Å². The molecular formula is C18H21NS. The Morgan fingerprint density at radius 3 is 2.60 bits per heavy atom. The van der Waals surface area contributed by atoms with Crippen molar-refractivity contribution in [3.05, 3.63) is 64.7 Å². The highest BCUT2D eigenvalue weighted by atomic mass is 32.2. The van der Waals surface area contributed by atoms with E-state index in [4.69, 9.17) is 0 Å². The summed E-state index contributed by atoms with van der Waals surface area (Å²) in [5.41, 5.74) is 5.71. The van der Waals surface area contributed by atoms with Crippen molar-refractivity contribution in [2.45, 2.75) is 36.5 Å². The van der Waals surface area contributed by atoms with Gasteiger partial charge in [-0.2, -0.15) is 0 Å². The fourth-order valence-electron chi connectivity index (χ4n) is 2.97. The van der Waals surface area contributed by atoms with E-state index in [1.807, 2.05) is 11.8 Å². The summed E-state index contributed by atoms with van der Waals surface area (Å²) < 4.78 is 0. The third-order valence-corrected chi connectivity index (χ3v) is 5.53. The summed E-state index contributed by atoms with van der Waals surface area (Å²) in [5, 5.41) is 4.08. The lowest BCUT2D eigenvalue weighted by Gasteiger charge is -2.20. The highest BCUT2D eigenvalue weighted by Crippen LogP contribution is 2.41.